The van der Waals surface area contributed by atoms with Crippen LogP contribution in [0.25, 0.3) is 5.52 Å². The van der Waals surface area contributed by atoms with Crippen LogP contribution in [0.4, 0.5) is 0 Å². The van der Waals surface area contributed by atoms with Crippen LogP contribution in [0.2, 0.25) is 0 Å². The summed E-state index contributed by atoms with van der Waals surface area (Å²) in [5.74, 6) is 1.000. The van der Waals surface area contributed by atoms with Gasteiger partial charge in [0.1, 0.15) is 12.1 Å². The molecule has 84 valence electrons. The number of aldehydes is 1. The zero-order chi connectivity index (χ0) is 11.8. The third-order valence-electron chi connectivity index (χ3n) is 2.60. The average Bonchev–Trinajstić information content (AvgIpc) is 2.62. The normalized spacial score (nSPS) is 11.9. The molecule has 0 aliphatic heterocycles. The molecule has 0 radical (unpaired) electrons. The second-order valence-corrected chi connectivity index (χ2v) is 4.98. The molecule has 2 heterocycles. The molecule has 0 spiro atoms. The predicted octanol–water partition coefficient (Wildman–Crippen LogP) is 2.37. The van der Waals surface area contributed by atoms with Crippen molar-refractivity contribution < 1.29 is 4.79 Å². The Hall–Kier alpha value is -1.64. The van der Waals surface area contributed by atoms with Crippen LogP contribution in [0.5, 0.6) is 0 Å². The SMILES string of the molecule is CC(C)(C)c1ncc2cccc(CC=O)n12. The van der Waals surface area contributed by atoms with E-state index < -0.39 is 0 Å². The summed E-state index contributed by atoms with van der Waals surface area (Å²) in [4.78, 5) is 15.1. The fourth-order valence-electron chi connectivity index (χ4n) is 1.89. The lowest BCUT2D eigenvalue weighted by Crippen LogP contribution is -2.17. The van der Waals surface area contributed by atoms with Crippen LogP contribution in [-0.4, -0.2) is 15.7 Å². The van der Waals surface area contributed by atoms with Gasteiger partial charge >= 0.3 is 0 Å². The largest absolute Gasteiger partial charge is 0.303 e. The highest BCUT2D eigenvalue weighted by atomic mass is 16.1. The van der Waals surface area contributed by atoms with Crippen molar-refractivity contribution in [3.05, 3.63) is 35.9 Å². The number of carbonyl (C=O) groups excluding carboxylic acids is 1. The van der Waals surface area contributed by atoms with Crippen LogP contribution in [-0.2, 0) is 16.6 Å². The molecule has 2 rings (SSSR count). The molecule has 0 fully saturated rings. The van der Waals surface area contributed by atoms with Crippen LogP contribution in [0, 0.1) is 0 Å². The summed E-state index contributed by atoms with van der Waals surface area (Å²) in [6.45, 7) is 6.37. The Kier molecular flexibility index (Phi) is 2.54. The Morgan fingerprint density at radius 2 is 2.12 bits per heavy atom. The first kappa shape index (κ1) is 10.9. The summed E-state index contributed by atoms with van der Waals surface area (Å²) in [7, 11) is 0. The van der Waals surface area contributed by atoms with Gasteiger partial charge in [-0.25, -0.2) is 4.98 Å². The van der Waals surface area contributed by atoms with E-state index in [4.69, 9.17) is 0 Å². The molecule has 16 heavy (non-hydrogen) atoms. The second-order valence-electron chi connectivity index (χ2n) is 4.98. The van der Waals surface area contributed by atoms with Gasteiger partial charge in [0, 0.05) is 17.5 Å². The maximum atomic E-state index is 10.7. The molecular weight excluding hydrogens is 200 g/mol. The van der Waals surface area contributed by atoms with E-state index in [0.717, 1.165) is 23.3 Å². The first-order valence-corrected chi connectivity index (χ1v) is 5.43. The molecular formula is C13H16N2O. The van der Waals surface area contributed by atoms with E-state index >= 15 is 0 Å². The fourth-order valence-corrected chi connectivity index (χ4v) is 1.89. The molecule has 0 amide bonds. The molecule has 3 nitrogen and oxygen atoms in total. The summed E-state index contributed by atoms with van der Waals surface area (Å²) in [5, 5.41) is 0. The van der Waals surface area contributed by atoms with Crippen LogP contribution < -0.4 is 0 Å². The summed E-state index contributed by atoms with van der Waals surface area (Å²) in [5.41, 5.74) is 2.02. The number of pyridine rings is 1. The highest BCUT2D eigenvalue weighted by Crippen LogP contribution is 2.23. The minimum atomic E-state index is -0.0224. The molecule has 0 bridgehead atoms. The van der Waals surface area contributed by atoms with Gasteiger partial charge < -0.3 is 4.79 Å². The third kappa shape index (κ3) is 1.73. The smallest absolute Gasteiger partial charge is 0.125 e. The molecule has 2 aromatic heterocycles. The third-order valence-corrected chi connectivity index (χ3v) is 2.60. The van der Waals surface area contributed by atoms with Gasteiger partial charge in [0.25, 0.3) is 0 Å². The summed E-state index contributed by atoms with van der Waals surface area (Å²) < 4.78 is 2.08. The maximum Gasteiger partial charge on any atom is 0.125 e. The Labute approximate surface area is 95.1 Å². The minimum Gasteiger partial charge on any atom is -0.303 e. The lowest BCUT2D eigenvalue weighted by molar-refractivity contribution is -0.107. The number of aromatic nitrogens is 2. The van der Waals surface area contributed by atoms with Gasteiger partial charge in [-0.05, 0) is 12.1 Å². The van der Waals surface area contributed by atoms with Gasteiger partial charge in [0.15, 0.2) is 0 Å². The van der Waals surface area contributed by atoms with Crippen molar-refractivity contribution in [2.45, 2.75) is 32.6 Å². The average molecular weight is 216 g/mol. The fraction of sp³-hybridized carbons (Fsp3) is 0.385. The second kappa shape index (κ2) is 3.74. The van der Waals surface area contributed by atoms with E-state index in [1.807, 2.05) is 24.4 Å². The molecule has 0 saturated carbocycles. The molecule has 0 aromatic carbocycles. The van der Waals surface area contributed by atoms with Crippen molar-refractivity contribution in [1.29, 1.82) is 0 Å². The number of rotatable bonds is 2. The number of nitrogens with zero attached hydrogens (tertiary/aromatic N) is 2. The molecule has 0 atom stereocenters. The molecule has 0 aliphatic carbocycles. The van der Waals surface area contributed by atoms with Crippen molar-refractivity contribution in [3.8, 4) is 0 Å². The number of hydrogen-bond donors (Lipinski definition) is 0. The van der Waals surface area contributed by atoms with E-state index in [2.05, 4.69) is 30.2 Å². The molecule has 0 aliphatic rings. The predicted molar refractivity (Wildman–Crippen MR) is 63.7 cm³/mol. The Morgan fingerprint density at radius 1 is 1.38 bits per heavy atom. The maximum absolute atomic E-state index is 10.7. The van der Waals surface area contributed by atoms with Gasteiger partial charge in [-0.15, -0.1) is 0 Å². The highest BCUT2D eigenvalue weighted by molar-refractivity contribution is 5.57. The Balaban J connectivity index is 2.72. The van der Waals surface area contributed by atoms with Crippen molar-refractivity contribution >= 4 is 11.8 Å². The highest BCUT2D eigenvalue weighted by Gasteiger charge is 2.20. The molecule has 0 N–H and O–H groups in total. The summed E-state index contributed by atoms with van der Waals surface area (Å²) in [6, 6.07) is 5.94. The summed E-state index contributed by atoms with van der Waals surface area (Å²) in [6.07, 6.45) is 3.22. The van der Waals surface area contributed by atoms with Gasteiger partial charge in [0.05, 0.1) is 11.7 Å². The van der Waals surface area contributed by atoms with Crippen molar-refractivity contribution in [3.63, 3.8) is 0 Å². The van der Waals surface area contributed by atoms with Crippen LogP contribution in [0.1, 0.15) is 32.3 Å². The number of imidazole rings is 1. The van der Waals surface area contributed by atoms with Crippen molar-refractivity contribution in [1.82, 2.24) is 9.38 Å². The van der Waals surface area contributed by atoms with Gasteiger partial charge in [-0.3, -0.25) is 4.40 Å². The summed E-state index contributed by atoms with van der Waals surface area (Å²) >= 11 is 0. The first-order chi connectivity index (χ1) is 7.54. The Morgan fingerprint density at radius 3 is 2.75 bits per heavy atom. The standard InChI is InChI=1S/C13H16N2O/c1-13(2,3)12-14-9-11-6-4-5-10(7-8-16)15(11)12/h4-6,8-9H,7H2,1-3H3. The van der Waals surface area contributed by atoms with Crippen LogP contribution in [0.3, 0.4) is 0 Å². The van der Waals surface area contributed by atoms with Gasteiger partial charge in [-0.1, -0.05) is 26.8 Å². The zero-order valence-corrected chi connectivity index (χ0v) is 9.90. The molecule has 2 aromatic rings. The number of carbonyl (C=O) groups is 1. The molecule has 0 saturated heterocycles. The minimum absolute atomic E-state index is 0.0224. The van der Waals surface area contributed by atoms with E-state index in [-0.39, 0.29) is 5.41 Å². The van der Waals surface area contributed by atoms with Crippen molar-refractivity contribution in [2.75, 3.05) is 0 Å². The van der Waals surface area contributed by atoms with E-state index in [0.29, 0.717) is 6.42 Å². The zero-order valence-electron chi connectivity index (χ0n) is 9.90. The van der Waals surface area contributed by atoms with E-state index in [9.17, 15) is 4.79 Å². The lowest BCUT2D eigenvalue weighted by atomic mass is 9.95. The monoisotopic (exact) mass is 216 g/mol. The van der Waals surface area contributed by atoms with Gasteiger partial charge in [-0.2, -0.15) is 0 Å². The Bertz CT molecular complexity index is 520. The lowest BCUT2D eigenvalue weighted by Gasteiger charge is -2.18. The van der Waals surface area contributed by atoms with E-state index in [1.165, 1.54) is 0 Å². The van der Waals surface area contributed by atoms with Crippen LogP contribution in [0.15, 0.2) is 24.4 Å². The molecule has 0 unspecified atom stereocenters. The quantitative estimate of drug-likeness (QED) is 0.722. The first-order valence-electron chi connectivity index (χ1n) is 5.43. The molecule has 3 heteroatoms. The van der Waals surface area contributed by atoms with E-state index in [1.54, 1.807) is 0 Å². The topological polar surface area (TPSA) is 34.4 Å². The van der Waals surface area contributed by atoms with Crippen LogP contribution >= 0.6 is 0 Å². The number of hydrogen-bond acceptors (Lipinski definition) is 2. The number of fused-ring (bicyclic) bond motifs is 1. The van der Waals surface area contributed by atoms with Crippen molar-refractivity contribution in [2.24, 2.45) is 0 Å². The van der Waals surface area contributed by atoms with Gasteiger partial charge in [0.2, 0.25) is 0 Å².